The van der Waals surface area contributed by atoms with Crippen LogP contribution in [0.15, 0.2) is 47.5 Å². The second-order valence-electron chi connectivity index (χ2n) is 9.70. The molecule has 6 N–H and O–H groups in total. The molecule has 3 aromatic rings. The van der Waals surface area contributed by atoms with Crippen LogP contribution >= 0.6 is 0 Å². The van der Waals surface area contributed by atoms with Crippen molar-refractivity contribution in [1.82, 2.24) is 9.88 Å². The van der Waals surface area contributed by atoms with Gasteiger partial charge in [-0.05, 0) is 37.3 Å². The summed E-state index contributed by atoms with van der Waals surface area (Å²) in [4.78, 5) is 35.7. The van der Waals surface area contributed by atoms with Crippen LogP contribution in [0.4, 0.5) is 14.5 Å². The monoisotopic (exact) mass is 611 g/mol. The fourth-order valence-electron chi connectivity index (χ4n) is 4.42. The number of nitrogens with two attached hydrogens (primary N) is 2. The van der Waals surface area contributed by atoms with Crippen LogP contribution in [0.1, 0.15) is 24.5 Å². The molecule has 1 amide bonds. The molecule has 13 nitrogen and oxygen atoms in total. The predicted octanol–water partition coefficient (Wildman–Crippen LogP) is 2.87. The Balaban J connectivity index is 1.85. The summed E-state index contributed by atoms with van der Waals surface area (Å²) in [6.45, 7) is 2.77. The number of ether oxygens (including phenoxy) is 3. The Morgan fingerprint density at radius 1 is 1.14 bits per heavy atom. The minimum atomic E-state index is -1.53. The summed E-state index contributed by atoms with van der Waals surface area (Å²) in [5, 5.41) is 18.0. The van der Waals surface area contributed by atoms with E-state index in [0.29, 0.717) is 17.9 Å². The first-order valence-corrected chi connectivity index (χ1v) is 13.4. The van der Waals surface area contributed by atoms with Gasteiger partial charge in [-0.25, -0.2) is 4.79 Å². The molecular weight excluding hydrogens is 580 g/mol. The number of anilines is 1. The van der Waals surface area contributed by atoms with Gasteiger partial charge in [0.15, 0.2) is 11.5 Å². The number of phenolic OH excluding ortho intramolecular Hbond substituents is 1. The Hall–Kier alpha value is -5.47. The molecule has 0 fully saturated rings. The minimum absolute atomic E-state index is 0.0748. The van der Waals surface area contributed by atoms with E-state index < -0.39 is 59.2 Å². The zero-order valence-electron chi connectivity index (χ0n) is 24.1. The maximum absolute atomic E-state index is 16.1. The van der Waals surface area contributed by atoms with E-state index in [-0.39, 0.29) is 29.5 Å². The van der Waals surface area contributed by atoms with Gasteiger partial charge in [0.05, 0.1) is 19.6 Å². The van der Waals surface area contributed by atoms with E-state index in [2.05, 4.69) is 9.98 Å². The van der Waals surface area contributed by atoms with E-state index in [4.69, 9.17) is 31.1 Å². The molecule has 1 aliphatic rings. The lowest BCUT2D eigenvalue weighted by Crippen LogP contribution is -2.43. The summed E-state index contributed by atoms with van der Waals surface area (Å²) >= 11 is 0. The van der Waals surface area contributed by atoms with Gasteiger partial charge in [0.25, 0.3) is 11.8 Å². The third-order valence-electron chi connectivity index (χ3n) is 6.61. The molecule has 0 radical (unpaired) electrons. The number of benzene rings is 2. The number of pyridine rings is 1. The number of primary amides is 1. The molecule has 0 saturated carbocycles. The van der Waals surface area contributed by atoms with Crippen molar-refractivity contribution >= 4 is 29.2 Å². The number of aromatic hydroxyl groups is 1. The minimum Gasteiger partial charge on any atom is -0.504 e. The van der Waals surface area contributed by atoms with Crippen molar-refractivity contribution in [2.45, 2.75) is 19.4 Å². The third kappa shape index (κ3) is 6.77. The number of nitrogens with zero attached hydrogens (tertiary/aromatic N) is 4. The molecule has 1 unspecified atom stereocenters. The first-order valence-electron chi connectivity index (χ1n) is 13.4. The summed E-state index contributed by atoms with van der Waals surface area (Å²) in [5.41, 5.74) is 10.8. The summed E-state index contributed by atoms with van der Waals surface area (Å²) in [6.07, 6.45) is -0.637. The Bertz CT molecular complexity index is 1630. The summed E-state index contributed by atoms with van der Waals surface area (Å²) < 4.78 is 48.5. The second-order valence-corrected chi connectivity index (χ2v) is 9.70. The van der Waals surface area contributed by atoms with Crippen molar-refractivity contribution in [3.05, 3.63) is 65.2 Å². The van der Waals surface area contributed by atoms with Gasteiger partial charge >= 0.3 is 5.97 Å². The number of nitrogens with one attached hydrogen (secondary N) is 1. The summed E-state index contributed by atoms with van der Waals surface area (Å²) in [7, 11) is 3.02. The number of hydrogen-bond acceptors (Lipinski definition) is 11. The van der Waals surface area contributed by atoms with Gasteiger partial charge in [0, 0.05) is 31.8 Å². The molecule has 1 aliphatic heterocycles. The molecule has 2 heterocycles. The van der Waals surface area contributed by atoms with Crippen molar-refractivity contribution in [1.29, 1.82) is 5.41 Å². The van der Waals surface area contributed by atoms with Gasteiger partial charge in [-0.3, -0.25) is 15.2 Å². The maximum atomic E-state index is 16.1. The number of carbonyl (C=O) groups excluding carboxylic acids is 2. The molecule has 1 aromatic heterocycles. The zero-order valence-corrected chi connectivity index (χ0v) is 24.1. The molecule has 15 heteroatoms. The van der Waals surface area contributed by atoms with Crippen LogP contribution < -0.4 is 25.8 Å². The quantitative estimate of drug-likeness (QED) is 0.135. The number of amides is 1. The van der Waals surface area contributed by atoms with Gasteiger partial charge in [0.1, 0.15) is 29.1 Å². The number of carbonyl (C=O) groups is 2. The highest BCUT2D eigenvalue weighted by Gasteiger charge is 2.34. The molecule has 0 aliphatic carbocycles. The lowest BCUT2D eigenvalue weighted by molar-refractivity contribution is -0.146. The van der Waals surface area contributed by atoms with E-state index in [0.717, 1.165) is 30.6 Å². The van der Waals surface area contributed by atoms with Gasteiger partial charge in [-0.1, -0.05) is 12.1 Å². The highest BCUT2D eigenvalue weighted by atomic mass is 19.1. The number of likely N-dealkylation sites (N-methyl/N-ethyl adjacent to an activating group) is 2. The van der Waals surface area contributed by atoms with Gasteiger partial charge < -0.3 is 40.6 Å². The van der Waals surface area contributed by atoms with E-state index in [1.165, 1.54) is 19.1 Å². The number of aliphatic imine (C=N–C) groups is 1. The zero-order chi connectivity index (χ0) is 32.1. The molecule has 1 atom stereocenters. The van der Waals surface area contributed by atoms with Crippen molar-refractivity contribution in [3.8, 4) is 29.0 Å². The maximum Gasteiger partial charge on any atom is 0.329 e. The van der Waals surface area contributed by atoms with Crippen LogP contribution in [0.5, 0.6) is 29.0 Å². The first-order chi connectivity index (χ1) is 20.9. The number of esters is 1. The topological polar surface area (TPSA) is 190 Å². The van der Waals surface area contributed by atoms with Gasteiger partial charge in [-0.15, -0.1) is 0 Å². The van der Waals surface area contributed by atoms with Crippen molar-refractivity contribution in [2.24, 2.45) is 16.5 Å². The number of rotatable bonds is 12. The van der Waals surface area contributed by atoms with Gasteiger partial charge in [-0.2, -0.15) is 13.8 Å². The van der Waals surface area contributed by atoms with E-state index >= 15 is 8.78 Å². The van der Waals surface area contributed by atoms with Crippen molar-refractivity contribution in [2.75, 3.05) is 38.7 Å². The van der Waals surface area contributed by atoms with Crippen molar-refractivity contribution < 1.29 is 37.7 Å². The normalized spacial score (nSPS) is 13.2. The lowest BCUT2D eigenvalue weighted by atomic mass is 10.1. The average Bonchev–Trinajstić information content (AvgIpc) is 3.41. The Labute approximate surface area is 251 Å². The van der Waals surface area contributed by atoms with Crippen molar-refractivity contribution in [3.63, 3.8) is 0 Å². The fraction of sp³-hybridized carbons (Fsp3) is 0.276. The Morgan fingerprint density at radius 2 is 1.84 bits per heavy atom. The summed E-state index contributed by atoms with van der Waals surface area (Å²) in [6, 6.07) is 8.66. The van der Waals surface area contributed by atoms with E-state index in [9.17, 15) is 14.7 Å². The van der Waals surface area contributed by atoms with Gasteiger partial charge in [0.2, 0.25) is 17.5 Å². The van der Waals surface area contributed by atoms with Crippen LogP contribution in [0.25, 0.3) is 0 Å². The predicted molar refractivity (Wildman–Crippen MR) is 157 cm³/mol. The lowest BCUT2D eigenvalue weighted by Gasteiger charge is -2.28. The number of amidine groups is 2. The van der Waals surface area contributed by atoms with E-state index in [1.54, 1.807) is 18.2 Å². The number of halogens is 2. The largest absolute Gasteiger partial charge is 0.504 e. The molecule has 0 saturated heterocycles. The van der Waals surface area contributed by atoms with Crippen LogP contribution in [0, 0.1) is 17.0 Å². The first kappa shape index (κ1) is 31.5. The average molecular weight is 612 g/mol. The number of hydrogen-bond donors (Lipinski definition) is 4. The number of phenols is 1. The SMILES string of the molecule is CCOC(=O)C(CC(N)=O)N(C)c1c(F)c(Oc2cccc(C3=NCCN3C)c2)nc(Oc2cc(C(=N)N)ccc2O)c1F. The molecule has 232 valence electrons. The molecule has 44 heavy (non-hydrogen) atoms. The third-order valence-corrected chi connectivity index (χ3v) is 6.61. The molecule has 2 aromatic carbocycles. The van der Waals surface area contributed by atoms with Crippen LogP contribution in [-0.4, -0.2) is 78.4 Å². The molecule has 4 rings (SSSR count). The summed E-state index contributed by atoms with van der Waals surface area (Å²) in [5.74, 6) is -6.64. The fourth-order valence-corrected chi connectivity index (χ4v) is 4.42. The molecule has 0 spiro atoms. The number of aromatic nitrogens is 1. The molecule has 0 bridgehead atoms. The second kappa shape index (κ2) is 13.2. The van der Waals surface area contributed by atoms with Crippen LogP contribution in [0.2, 0.25) is 0 Å². The highest BCUT2D eigenvalue weighted by molar-refractivity contribution is 6.00. The molecular formula is C29H31F2N7O6. The smallest absolute Gasteiger partial charge is 0.329 e. The van der Waals surface area contributed by atoms with Crippen LogP contribution in [-0.2, 0) is 14.3 Å². The van der Waals surface area contributed by atoms with Crippen LogP contribution in [0.3, 0.4) is 0 Å². The number of nitrogen functional groups attached to an aromatic ring is 1. The Morgan fingerprint density at radius 3 is 2.45 bits per heavy atom. The highest BCUT2D eigenvalue weighted by Crippen LogP contribution is 2.40. The van der Waals surface area contributed by atoms with E-state index in [1.807, 2.05) is 11.9 Å². The Kier molecular flexibility index (Phi) is 9.46. The standard InChI is InChI=1S/C29H31F2N7O6/c1-4-42-29(41)18(14-21(32)40)38(3)24-22(30)27(43-17-7-5-6-16(12-17)26-35-10-11-37(26)2)36-28(23(24)31)44-20-13-15(25(33)34)8-9-19(20)39/h5-9,12-13,18,39H,4,10-11,14H2,1-3H3,(H2,32,40)(H3,33,34).